The lowest BCUT2D eigenvalue weighted by Gasteiger charge is -2.13. The lowest BCUT2D eigenvalue weighted by Crippen LogP contribution is -2.18. The molecule has 1 atom stereocenters. The van der Waals surface area contributed by atoms with Crippen molar-refractivity contribution in [2.24, 2.45) is 0 Å². The standard InChI is InChI=1S/C11H11BrN2O/c1-13-10(9-4-2-3-6-14-9)11-8(12)5-7-15-11/h2-7,10,13H,1H3. The summed E-state index contributed by atoms with van der Waals surface area (Å²) >= 11 is 3.44. The highest BCUT2D eigenvalue weighted by atomic mass is 79.9. The lowest BCUT2D eigenvalue weighted by molar-refractivity contribution is 0.456. The van der Waals surface area contributed by atoms with Gasteiger partial charge in [0.2, 0.25) is 0 Å². The summed E-state index contributed by atoms with van der Waals surface area (Å²) in [6.07, 6.45) is 3.43. The summed E-state index contributed by atoms with van der Waals surface area (Å²) in [7, 11) is 1.88. The molecule has 78 valence electrons. The summed E-state index contributed by atoms with van der Waals surface area (Å²) in [5.41, 5.74) is 0.940. The van der Waals surface area contributed by atoms with E-state index >= 15 is 0 Å². The van der Waals surface area contributed by atoms with Gasteiger partial charge in [-0.15, -0.1) is 0 Å². The second-order valence-electron chi connectivity index (χ2n) is 3.11. The smallest absolute Gasteiger partial charge is 0.140 e. The Bertz CT molecular complexity index is 427. The Kier molecular flexibility index (Phi) is 3.18. The van der Waals surface area contributed by atoms with Crippen molar-refractivity contribution in [3.63, 3.8) is 0 Å². The number of nitrogens with one attached hydrogen (secondary N) is 1. The van der Waals surface area contributed by atoms with Gasteiger partial charge in [0.25, 0.3) is 0 Å². The minimum Gasteiger partial charge on any atom is -0.466 e. The normalized spacial score (nSPS) is 12.7. The van der Waals surface area contributed by atoms with E-state index in [1.165, 1.54) is 0 Å². The molecule has 0 fully saturated rings. The van der Waals surface area contributed by atoms with Crippen LogP contribution in [0.4, 0.5) is 0 Å². The van der Waals surface area contributed by atoms with E-state index in [-0.39, 0.29) is 6.04 Å². The Balaban J connectivity index is 2.37. The van der Waals surface area contributed by atoms with Crippen molar-refractivity contribution in [2.75, 3.05) is 7.05 Å². The van der Waals surface area contributed by atoms with Gasteiger partial charge < -0.3 is 9.73 Å². The Hall–Kier alpha value is -1.13. The highest BCUT2D eigenvalue weighted by Gasteiger charge is 2.18. The van der Waals surface area contributed by atoms with Gasteiger partial charge >= 0.3 is 0 Å². The molecule has 0 amide bonds. The molecule has 0 saturated heterocycles. The molecule has 0 aliphatic heterocycles. The zero-order valence-corrected chi connectivity index (χ0v) is 9.86. The molecule has 2 rings (SSSR count). The van der Waals surface area contributed by atoms with Crippen LogP contribution in [0, 0.1) is 0 Å². The Labute approximate surface area is 96.6 Å². The Morgan fingerprint density at radius 3 is 2.80 bits per heavy atom. The number of hydrogen-bond donors (Lipinski definition) is 1. The molecule has 15 heavy (non-hydrogen) atoms. The van der Waals surface area contributed by atoms with Crippen molar-refractivity contribution in [2.45, 2.75) is 6.04 Å². The molecule has 2 aromatic rings. The van der Waals surface area contributed by atoms with Gasteiger partial charge in [0.15, 0.2) is 0 Å². The van der Waals surface area contributed by atoms with Crippen LogP contribution in [0.5, 0.6) is 0 Å². The Morgan fingerprint density at radius 2 is 2.27 bits per heavy atom. The van der Waals surface area contributed by atoms with Crippen molar-refractivity contribution < 1.29 is 4.42 Å². The lowest BCUT2D eigenvalue weighted by atomic mass is 10.1. The number of pyridine rings is 1. The van der Waals surface area contributed by atoms with Crippen molar-refractivity contribution in [1.82, 2.24) is 10.3 Å². The second-order valence-corrected chi connectivity index (χ2v) is 3.96. The van der Waals surface area contributed by atoms with E-state index in [0.29, 0.717) is 0 Å². The fourth-order valence-corrected chi connectivity index (χ4v) is 1.90. The van der Waals surface area contributed by atoms with E-state index in [1.54, 1.807) is 12.5 Å². The van der Waals surface area contributed by atoms with Crippen LogP contribution in [0.1, 0.15) is 17.5 Å². The average Bonchev–Trinajstić information content (AvgIpc) is 2.68. The van der Waals surface area contributed by atoms with Gasteiger partial charge in [-0.25, -0.2) is 0 Å². The highest BCUT2D eigenvalue weighted by molar-refractivity contribution is 9.10. The topological polar surface area (TPSA) is 38.1 Å². The molecule has 4 heteroatoms. The monoisotopic (exact) mass is 266 g/mol. The minimum atomic E-state index is -0.0180. The average molecular weight is 267 g/mol. The first-order chi connectivity index (χ1) is 7.33. The molecule has 1 unspecified atom stereocenters. The molecule has 0 spiro atoms. The molecule has 2 aromatic heterocycles. The van der Waals surface area contributed by atoms with Crippen LogP contribution < -0.4 is 5.32 Å². The number of hydrogen-bond acceptors (Lipinski definition) is 3. The van der Waals surface area contributed by atoms with Gasteiger partial charge in [-0.2, -0.15) is 0 Å². The number of aromatic nitrogens is 1. The molecule has 0 aromatic carbocycles. The van der Waals surface area contributed by atoms with Crippen LogP contribution in [0.3, 0.4) is 0 Å². The van der Waals surface area contributed by atoms with E-state index in [0.717, 1.165) is 15.9 Å². The van der Waals surface area contributed by atoms with Crippen LogP contribution in [0.2, 0.25) is 0 Å². The van der Waals surface area contributed by atoms with E-state index in [1.807, 2.05) is 31.3 Å². The summed E-state index contributed by atoms with van der Waals surface area (Å²) in [5.74, 6) is 0.844. The molecule has 0 radical (unpaired) electrons. The third kappa shape index (κ3) is 2.11. The minimum absolute atomic E-state index is 0.0180. The van der Waals surface area contributed by atoms with Crippen LogP contribution >= 0.6 is 15.9 Å². The number of nitrogens with zero attached hydrogens (tertiary/aromatic N) is 1. The van der Waals surface area contributed by atoms with E-state index in [4.69, 9.17) is 4.42 Å². The van der Waals surface area contributed by atoms with Gasteiger partial charge in [-0.05, 0) is 41.2 Å². The third-order valence-electron chi connectivity index (χ3n) is 2.18. The van der Waals surface area contributed by atoms with Gasteiger partial charge in [0, 0.05) is 6.20 Å². The first-order valence-electron chi connectivity index (χ1n) is 4.64. The van der Waals surface area contributed by atoms with Crippen LogP contribution in [-0.4, -0.2) is 12.0 Å². The summed E-state index contributed by atoms with van der Waals surface area (Å²) in [5, 5.41) is 3.18. The number of rotatable bonds is 3. The fourth-order valence-electron chi connectivity index (χ4n) is 1.47. The van der Waals surface area contributed by atoms with E-state index in [2.05, 4.69) is 26.2 Å². The molecule has 0 saturated carbocycles. The maximum Gasteiger partial charge on any atom is 0.140 e. The summed E-state index contributed by atoms with van der Waals surface area (Å²) in [4.78, 5) is 4.30. The molecule has 1 N–H and O–H groups in total. The van der Waals surface area contributed by atoms with E-state index in [9.17, 15) is 0 Å². The quantitative estimate of drug-likeness (QED) is 0.929. The molecule has 0 aliphatic rings. The van der Waals surface area contributed by atoms with Crippen molar-refractivity contribution in [3.8, 4) is 0 Å². The van der Waals surface area contributed by atoms with Crippen molar-refractivity contribution in [3.05, 3.63) is 52.7 Å². The number of furan rings is 1. The first kappa shape index (κ1) is 10.4. The fraction of sp³-hybridized carbons (Fsp3) is 0.182. The van der Waals surface area contributed by atoms with Crippen LogP contribution in [-0.2, 0) is 0 Å². The van der Waals surface area contributed by atoms with Gasteiger partial charge in [0.1, 0.15) is 11.8 Å². The summed E-state index contributed by atoms with van der Waals surface area (Å²) in [6, 6.07) is 7.69. The van der Waals surface area contributed by atoms with Crippen molar-refractivity contribution >= 4 is 15.9 Å². The zero-order chi connectivity index (χ0) is 10.7. The predicted octanol–water partition coefficient (Wildman–Crippen LogP) is 2.75. The van der Waals surface area contributed by atoms with Gasteiger partial charge in [-0.1, -0.05) is 6.07 Å². The zero-order valence-electron chi connectivity index (χ0n) is 8.27. The van der Waals surface area contributed by atoms with Crippen LogP contribution in [0.15, 0.2) is 45.6 Å². The number of halogens is 1. The first-order valence-corrected chi connectivity index (χ1v) is 5.43. The predicted molar refractivity (Wildman–Crippen MR) is 61.5 cm³/mol. The summed E-state index contributed by atoms with van der Waals surface area (Å²) in [6.45, 7) is 0. The maximum absolute atomic E-state index is 5.42. The van der Waals surface area contributed by atoms with E-state index < -0.39 is 0 Å². The third-order valence-corrected chi connectivity index (χ3v) is 2.83. The van der Waals surface area contributed by atoms with Crippen LogP contribution in [0.25, 0.3) is 0 Å². The van der Waals surface area contributed by atoms with Crippen molar-refractivity contribution in [1.29, 1.82) is 0 Å². The SMILES string of the molecule is CNC(c1ccccn1)c1occc1Br. The molecular formula is C11H11BrN2O. The van der Waals surface area contributed by atoms with Gasteiger partial charge in [0.05, 0.1) is 16.4 Å². The maximum atomic E-state index is 5.42. The highest BCUT2D eigenvalue weighted by Crippen LogP contribution is 2.27. The largest absolute Gasteiger partial charge is 0.466 e. The molecule has 2 heterocycles. The van der Waals surface area contributed by atoms with Gasteiger partial charge in [-0.3, -0.25) is 4.98 Å². The Morgan fingerprint density at radius 1 is 1.40 bits per heavy atom. The molecule has 0 bridgehead atoms. The second kappa shape index (κ2) is 4.59. The molecule has 3 nitrogen and oxygen atoms in total. The molecular weight excluding hydrogens is 256 g/mol. The summed E-state index contributed by atoms with van der Waals surface area (Å²) < 4.78 is 6.37. The molecule has 0 aliphatic carbocycles.